The molecule has 1 atom stereocenters. The zero-order chi connectivity index (χ0) is 25.5. The summed E-state index contributed by atoms with van der Waals surface area (Å²) < 4.78 is 8.18. The summed E-state index contributed by atoms with van der Waals surface area (Å²) in [7, 11) is 1.93. The minimum Gasteiger partial charge on any atom is -0.486 e. The van der Waals surface area contributed by atoms with Gasteiger partial charge in [0.2, 0.25) is 5.91 Å². The number of nitrogens with one attached hydrogen (secondary N) is 1. The molecular formula is C29H36N6O2. The first-order valence-electron chi connectivity index (χ1n) is 13.2. The van der Waals surface area contributed by atoms with Gasteiger partial charge in [0.15, 0.2) is 0 Å². The van der Waals surface area contributed by atoms with Crippen LogP contribution in [0.25, 0.3) is 11.1 Å². The number of pyridine rings is 1. The van der Waals surface area contributed by atoms with Crippen molar-refractivity contribution in [1.82, 2.24) is 24.6 Å². The highest BCUT2D eigenvalue weighted by molar-refractivity contribution is 5.87. The monoisotopic (exact) mass is 500 g/mol. The number of likely N-dealkylation sites (tertiary alicyclic amines) is 2. The van der Waals surface area contributed by atoms with Crippen molar-refractivity contribution in [1.29, 1.82) is 0 Å². The molecule has 3 aliphatic heterocycles. The highest BCUT2D eigenvalue weighted by Crippen LogP contribution is 2.42. The summed E-state index contributed by atoms with van der Waals surface area (Å²) >= 11 is 0. The molecule has 2 aromatic heterocycles. The van der Waals surface area contributed by atoms with E-state index in [4.69, 9.17) is 4.74 Å². The van der Waals surface area contributed by atoms with Crippen LogP contribution in [0.5, 0.6) is 5.75 Å². The molecule has 3 aliphatic rings. The van der Waals surface area contributed by atoms with Crippen LogP contribution in [0.4, 0.5) is 11.5 Å². The summed E-state index contributed by atoms with van der Waals surface area (Å²) in [6, 6.07) is 7.05. The molecule has 8 nitrogen and oxygen atoms in total. The van der Waals surface area contributed by atoms with E-state index in [1.54, 1.807) is 0 Å². The van der Waals surface area contributed by atoms with Crippen LogP contribution in [0.1, 0.15) is 43.3 Å². The number of hydrogen-bond acceptors (Lipinski definition) is 6. The standard InChI is InChI=1S/C29H34N6O2.H2/c1-4-27(36)35-12-8-23(17-35)34-10-6-20(7-11-34)21-13-19(2)28-26(14-21)32-29-25(18-37-28)24(5-9-30-29)22-15-31-33(3)16-22;/h4-5,9,13-16,20,23H,1,6-8,10-12,17-18H2,2-3H3,(H,30,32);1H/t23-;/m1./s1. The molecule has 194 valence electrons. The maximum atomic E-state index is 12.0. The highest BCUT2D eigenvalue weighted by atomic mass is 16.5. The Bertz CT molecular complexity index is 1350. The normalized spacial score (nSPS) is 19.9. The van der Waals surface area contributed by atoms with E-state index in [-0.39, 0.29) is 7.33 Å². The second-order valence-electron chi connectivity index (χ2n) is 10.5. The van der Waals surface area contributed by atoms with Crippen LogP contribution in [0.15, 0.2) is 49.4 Å². The van der Waals surface area contributed by atoms with Gasteiger partial charge in [-0.25, -0.2) is 4.98 Å². The molecule has 1 amide bonds. The van der Waals surface area contributed by atoms with E-state index in [0.717, 1.165) is 85.0 Å². The summed E-state index contributed by atoms with van der Waals surface area (Å²) in [5.74, 6) is 2.29. The van der Waals surface area contributed by atoms with Crippen molar-refractivity contribution in [2.75, 3.05) is 31.5 Å². The van der Waals surface area contributed by atoms with Gasteiger partial charge in [-0.15, -0.1) is 0 Å². The molecule has 6 rings (SSSR count). The predicted molar refractivity (Wildman–Crippen MR) is 146 cm³/mol. The number of piperidine rings is 1. The van der Waals surface area contributed by atoms with Gasteiger partial charge in [0, 0.05) is 51.1 Å². The Morgan fingerprint density at radius 3 is 2.84 bits per heavy atom. The van der Waals surface area contributed by atoms with Gasteiger partial charge >= 0.3 is 0 Å². The average Bonchev–Trinajstić information content (AvgIpc) is 3.53. The molecule has 0 aliphatic carbocycles. The SMILES string of the molecule is C=CC(=O)N1CC[C@@H](N2CCC(c3cc(C)c4c(c3)Nc3nccc(-c5cnn(C)c5)c3CO4)CC2)C1.[HH]. The van der Waals surface area contributed by atoms with Gasteiger partial charge in [0.05, 0.1) is 11.9 Å². The molecule has 0 bridgehead atoms. The molecular weight excluding hydrogens is 464 g/mol. The molecule has 0 radical (unpaired) electrons. The Balaban J connectivity index is 0.00000294. The second-order valence-corrected chi connectivity index (χ2v) is 10.5. The Labute approximate surface area is 219 Å². The molecule has 0 unspecified atom stereocenters. The summed E-state index contributed by atoms with van der Waals surface area (Å²) in [4.78, 5) is 21.2. The second kappa shape index (κ2) is 9.67. The lowest BCUT2D eigenvalue weighted by atomic mass is 9.87. The first-order valence-corrected chi connectivity index (χ1v) is 13.2. The molecule has 1 N–H and O–H groups in total. The van der Waals surface area contributed by atoms with Crippen molar-refractivity contribution in [3.8, 4) is 16.9 Å². The number of anilines is 2. The maximum absolute atomic E-state index is 12.0. The van der Waals surface area contributed by atoms with Gasteiger partial charge in [-0.2, -0.15) is 5.10 Å². The van der Waals surface area contributed by atoms with Crippen LogP contribution in [0.3, 0.4) is 0 Å². The van der Waals surface area contributed by atoms with Crippen molar-refractivity contribution in [2.24, 2.45) is 7.05 Å². The van der Waals surface area contributed by atoms with Gasteiger partial charge in [-0.3, -0.25) is 14.4 Å². The molecule has 0 spiro atoms. The maximum Gasteiger partial charge on any atom is 0.246 e. The van der Waals surface area contributed by atoms with E-state index in [0.29, 0.717) is 18.6 Å². The van der Waals surface area contributed by atoms with E-state index in [9.17, 15) is 4.79 Å². The fraction of sp³-hybridized carbons (Fsp3) is 0.414. The number of aromatic nitrogens is 3. The van der Waals surface area contributed by atoms with Crippen molar-refractivity contribution < 1.29 is 11.0 Å². The fourth-order valence-electron chi connectivity index (χ4n) is 6.14. The Morgan fingerprint density at radius 2 is 2.08 bits per heavy atom. The van der Waals surface area contributed by atoms with Crippen LogP contribution < -0.4 is 10.1 Å². The third kappa shape index (κ3) is 4.50. The first-order chi connectivity index (χ1) is 18.0. The number of hydrogen-bond donors (Lipinski definition) is 1. The number of aryl methyl sites for hydroxylation is 2. The zero-order valence-corrected chi connectivity index (χ0v) is 21.6. The summed E-state index contributed by atoms with van der Waals surface area (Å²) in [6.07, 6.45) is 10.5. The van der Waals surface area contributed by atoms with Crippen LogP contribution >= 0.6 is 0 Å². The zero-order valence-electron chi connectivity index (χ0n) is 21.6. The lowest BCUT2D eigenvalue weighted by Crippen LogP contribution is -2.43. The molecule has 0 saturated carbocycles. The smallest absolute Gasteiger partial charge is 0.246 e. The number of nitrogens with zero attached hydrogens (tertiary/aromatic N) is 5. The van der Waals surface area contributed by atoms with Crippen LogP contribution in [0.2, 0.25) is 0 Å². The van der Waals surface area contributed by atoms with E-state index in [2.05, 4.69) is 45.9 Å². The van der Waals surface area contributed by atoms with Gasteiger partial charge in [-0.1, -0.05) is 12.6 Å². The number of carbonyl (C=O) groups excluding carboxylic acids is 1. The van der Waals surface area contributed by atoms with Gasteiger partial charge < -0.3 is 15.0 Å². The molecule has 8 heteroatoms. The summed E-state index contributed by atoms with van der Waals surface area (Å²) in [5, 5.41) is 7.93. The van der Waals surface area contributed by atoms with Crippen LogP contribution in [0, 0.1) is 6.92 Å². The number of benzene rings is 1. The summed E-state index contributed by atoms with van der Waals surface area (Å²) in [5.41, 5.74) is 6.68. The van der Waals surface area contributed by atoms with Crippen LogP contribution in [-0.2, 0) is 18.4 Å². The lowest BCUT2D eigenvalue weighted by Gasteiger charge is -2.36. The van der Waals surface area contributed by atoms with Gasteiger partial charge in [0.1, 0.15) is 18.2 Å². The lowest BCUT2D eigenvalue weighted by molar-refractivity contribution is -0.125. The Hall–Kier alpha value is -3.65. The summed E-state index contributed by atoms with van der Waals surface area (Å²) in [6.45, 7) is 10.0. The quantitative estimate of drug-likeness (QED) is 0.526. The van der Waals surface area contributed by atoms with Gasteiger partial charge in [0.25, 0.3) is 0 Å². The molecule has 3 aromatic rings. The average molecular weight is 501 g/mol. The van der Waals surface area contributed by atoms with E-state index >= 15 is 0 Å². The number of rotatable bonds is 4. The van der Waals surface area contributed by atoms with E-state index in [1.165, 1.54) is 11.6 Å². The van der Waals surface area contributed by atoms with Crippen molar-refractivity contribution in [2.45, 2.75) is 44.8 Å². The number of fused-ring (bicyclic) bond motifs is 2. The predicted octanol–water partition coefficient (Wildman–Crippen LogP) is 4.64. The fourth-order valence-corrected chi connectivity index (χ4v) is 6.14. The van der Waals surface area contributed by atoms with Crippen molar-refractivity contribution in [3.63, 3.8) is 0 Å². The number of ether oxygens (including phenoxy) is 1. The number of carbonyl (C=O) groups is 1. The minimum absolute atomic E-state index is 0. The van der Waals surface area contributed by atoms with Gasteiger partial charge in [-0.05, 0) is 80.1 Å². The number of amides is 1. The van der Waals surface area contributed by atoms with E-state index < -0.39 is 0 Å². The Kier molecular flexibility index (Phi) is 6.20. The highest BCUT2D eigenvalue weighted by Gasteiger charge is 2.32. The van der Waals surface area contributed by atoms with Crippen molar-refractivity contribution in [3.05, 3.63) is 66.1 Å². The molecule has 2 saturated heterocycles. The minimum atomic E-state index is 0. The largest absolute Gasteiger partial charge is 0.486 e. The van der Waals surface area contributed by atoms with Crippen LogP contribution in [-0.4, -0.2) is 62.7 Å². The molecule has 37 heavy (non-hydrogen) atoms. The molecule has 1 aromatic carbocycles. The Morgan fingerprint density at radius 1 is 1.24 bits per heavy atom. The topological polar surface area (TPSA) is 75.5 Å². The third-order valence-electron chi connectivity index (χ3n) is 8.15. The van der Waals surface area contributed by atoms with Crippen molar-refractivity contribution >= 4 is 17.4 Å². The van der Waals surface area contributed by atoms with E-state index in [1.807, 2.05) is 41.3 Å². The first kappa shape index (κ1) is 23.7. The molecule has 5 heterocycles. The molecule has 2 fully saturated rings. The third-order valence-corrected chi connectivity index (χ3v) is 8.15.